The van der Waals surface area contributed by atoms with Crippen LogP contribution in [0, 0.1) is 11.7 Å². The van der Waals surface area contributed by atoms with Gasteiger partial charge in [0.1, 0.15) is 17.4 Å². The van der Waals surface area contributed by atoms with Crippen LogP contribution in [-0.2, 0) is 16.1 Å². The van der Waals surface area contributed by atoms with Crippen LogP contribution in [0.15, 0.2) is 64.2 Å². The molecule has 1 aliphatic heterocycles. The molecule has 2 heterocycles. The molecule has 6 heteroatoms. The van der Waals surface area contributed by atoms with Crippen molar-refractivity contribution in [3.05, 3.63) is 72.0 Å². The van der Waals surface area contributed by atoms with E-state index in [1.54, 1.807) is 30.3 Å². The maximum atomic E-state index is 13.1. The third-order valence-corrected chi connectivity index (χ3v) is 3.36. The number of furan rings is 1. The summed E-state index contributed by atoms with van der Waals surface area (Å²) in [5.41, 5.74) is 1.000. The standard InChI is InChI=1S/C17H13FN2O3/c18-12-4-1-3-11(9-12)10-19-16(21)13-6-7-14(20-17(13)22)15-5-2-8-23-15/h1-9,13H,10H2,(H,19,21). The van der Waals surface area contributed by atoms with Crippen molar-refractivity contribution in [2.24, 2.45) is 10.9 Å². The number of halogens is 1. The zero-order valence-electron chi connectivity index (χ0n) is 12.0. The highest BCUT2D eigenvalue weighted by molar-refractivity contribution is 6.17. The average Bonchev–Trinajstić information content (AvgIpc) is 3.07. The number of hydrogen-bond acceptors (Lipinski definition) is 3. The number of rotatable bonds is 4. The smallest absolute Gasteiger partial charge is 0.262 e. The fraction of sp³-hybridized carbons (Fsp3) is 0.118. The van der Waals surface area contributed by atoms with Crippen LogP contribution in [0.5, 0.6) is 0 Å². The van der Waals surface area contributed by atoms with Crippen LogP contribution in [0.2, 0.25) is 0 Å². The maximum Gasteiger partial charge on any atom is 0.262 e. The van der Waals surface area contributed by atoms with E-state index in [4.69, 9.17) is 4.42 Å². The molecule has 1 N–H and O–H groups in total. The Balaban J connectivity index is 1.63. The van der Waals surface area contributed by atoms with Crippen molar-refractivity contribution in [3.63, 3.8) is 0 Å². The SMILES string of the molecule is O=C1N=C(c2ccco2)C=CC1C(=O)NCc1cccc(F)c1. The molecule has 116 valence electrons. The van der Waals surface area contributed by atoms with Gasteiger partial charge in [-0.15, -0.1) is 0 Å². The Bertz CT molecular complexity index is 794. The summed E-state index contributed by atoms with van der Waals surface area (Å²) in [6, 6.07) is 9.27. The number of allylic oxidation sites excluding steroid dienone is 1. The minimum absolute atomic E-state index is 0.142. The van der Waals surface area contributed by atoms with Gasteiger partial charge >= 0.3 is 0 Å². The number of nitrogens with zero attached hydrogens (tertiary/aromatic N) is 1. The lowest BCUT2D eigenvalue weighted by atomic mass is 10.0. The monoisotopic (exact) mass is 312 g/mol. The molecule has 23 heavy (non-hydrogen) atoms. The van der Waals surface area contributed by atoms with E-state index in [-0.39, 0.29) is 12.4 Å². The Morgan fingerprint density at radius 1 is 1.30 bits per heavy atom. The number of aliphatic imine (C=N–C) groups is 1. The van der Waals surface area contributed by atoms with Gasteiger partial charge in [-0.25, -0.2) is 9.38 Å². The van der Waals surface area contributed by atoms with Gasteiger partial charge in [0.15, 0.2) is 5.76 Å². The van der Waals surface area contributed by atoms with Crippen molar-refractivity contribution in [1.82, 2.24) is 5.32 Å². The van der Waals surface area contributed by atoms with E-state index in [0.29, 0.717) is 17.0 Å². The first-order valence-electron chi connectivity index (χ1n) is 7.00. The summed E-state index contributed by atoms with van der Waals surface area (Å²) in [6.45, 7) is 0.142. The summed E-state index contributed by atoms with van der Waals surface area (Å²) in [7, 11) is 0. The topological polar surface area (TPSA) is 71.7 Å². The second-order valence-electron chi connectivity index (χ2n) is 5.00. The molecule has 0 bridgehead atoms. The van der Waals surface area contributed by atoms with Gasteiger partial charge in [-0.2, -0.15) is 0 Å². The van der Waals surface area contributed by atoms with Crippen molar-refractivity contribution in [1.29, 1.82) is 0 Å². The number of dihydropyridines is 1. The van der Waals surface area contributed by atoms with Crippen LogP contribution in [0.4, 0.5) is 4.39 Å². The van der Waals surface area contributed by atoms with E-state index in [0.717, 1.165) is 0 Å². The zero-order valence-corrected chi connectivity index (χ0v) is 12.0. The molecule has 1 unspecified atom stereocenters. The van der Waals surface area contributed by atoms with Gasteiger partial charge in [0.2, 0.25) is 5.91 Å². The van der Waals surface area contributed by atoms with Gasteiger partial charge in [0.25, 0.3) is 5.91 Å². The van der Waals surface area contributed by atoms with Crippen LogP contribution in [0.1, 0.15) is 11.3 Å². The van der Waals surface area contributed by atoms with Crippen LogP contribution in [0.25, 0.3) is 0 Å². The molecule has 0 fully saturated rings. The van der Waals surface area contributed by atoms with Gasteiger partial charge in [-0.1, -0.05) is 18.2 Å². The minimum atomic E-state index is -0.984. The number of benzene rings is 1. The highest BCUT2D eigenvalue weighted by Gasteiger charge is 2.27. The predicted octanol–water partition coefficient (Wildman–Crippen LogP) is 2.24. The number of carbonyl (C=O) groups excluding carboxylic acids is 2. The Hall–Kier alpha value is -3.02. The van der Waals surface area contributed by atoms with Gasteiger partial charge in [0, 0.05) is 6.54 Å². The highest BCUT2D eigenvalue weighted by atomic mass is 19.1. The number of hydrogen-bond donors (Lipinski definition) is 1. The molecule has 1 aromatic carbocycles. The van der Waals surface area contributed by atoms with Crippen molar-refractivity contribution in [2.75, 3.05) is 0 Å². The summed E-state index contributed by atoms with van der Waals surface area (Å²) < 4.78 is 18.2. The first-order valence-corrected chi connectivity index (χ1v) is 7.00. The van der Waals surface area contributed by atoms with Gasteiger partial charge in [-0.3, -0.25) is 9.59 Å². The lowest BCUT2D eigenvalue weighted by Gasteiger charge is -2.13. The van der Waals surface area contributed by atoms with E-state index in [2.05, 4.69) is 10.3 Å². The van der Waals surface area contributed by atoms with Crippen molar-refractivity contribution in [2.45, 2.75) is 6.54 Å². The second kappa shape index (κ2) is 6.39. The molecule has 5 nitrogen and oxygen atoms in total. The molecular formula is C17H13FN2O3. The molecule has 0 saturated heterocycles. The first-order chi connectivity index (χ1) is 11.1. The van der Waals surface area contributed by atoms with E-state index in [1.165, 1.54) is 24.5 Å². The Labute approximate surface area is 131 Å². The molecule has 1 atom stereocenters. The fourth-order valence-corrected chi connectivity index (χ4v) is 2.20. The van der Waals surface area contributed by atoms with Crippen LogP contribution < -0.4 is 5.32 Å². The van der Waals surface area contributed by atoms with Crippen LogP contribution in [0.3, 0.4) is 0 Å². The normalized spacial score (nSPS) is 17.0. The summed E-state index contributed by atoms with van der Waals surface area (Å²) >= 11 is 0. The minimum Gasteiger partial charge on any atom is -0.463 e. The summed E-state index contributed by atoms with van der Waals surface area (Å²) in [4.78, 5) is 28.0. The van der Waals surface area contributed by atoms with Crippen molar-refractivity contribution < 1.29 is 18.4 Å². The molecule has 0 aliphatic carbocycles. The Kier molecular flexibility index (Phi) is 4.14. The zero-order chi connectivity index (χ0) is 16.2. The molecule has 2 amide bonds. The first kappa shape index (κ1) is 14.9. The highest BCUT2D eigenvalue weighted by Crippen LogP contribution is 2.14. The van der Waals surface area contributed by atoms with Gasteiger partial charge < -0.3 is 9.73 Å². The third-order valence-electron chi connectivity index (χ3n) is 3.36. The largest absolute Gasteiger partial charge is 0.463 e. The summed E-state index contributed by atoms with van der Waals surface area (Å²) in [5, 5.41) is 2.61. The molecule has 2 aromatic rings. The lowest BCUT2D eigenvalue weighted by Crippen LogP contribution is -2.35. The fourth-order valence-electron chi connectivity index (χ4n) is 2.20. The van der Waals surface area contributed by atoms with E-state index >= 15 is 0 Å². The quantitative estimate of drug-likeness (QED) is 0.880. The average molecular weight is 312 g/mol. The third kappa shape index (κ3) is 3.42. The number of nitrogens with one attached hydrogen (secondary N) is 1. The second-order valence-corrected chi connectivity index (χ2v) is 5.00. The molecule has 0 saturated carbocycles. The summed E-state index contributed by atoms with van der Waals surface area (Å²) in [6.07, 6.45) is 4.54. The maximum absolute atomic E-state index is 13.1. The molecular weight excluding hydrogens is 299 g/mol. The van der Waals surface area contributed by atoms with E-state index in [9.17, 15) is 14.0 Å². The molecule has 1 aliphatic rings. The Morgan fingerprint density at radius 2 is 2.17 bits per heavy atom. The Morgan fingerprint density at radius 3 is 2.87 bits per heavy atom. The predicted molar refractivity (Wildman–Crippen MR) is 81.1 cm³/mol. The van der Waals surface area contributed by atoms with Gasteiger partial charge in [0.05, 0.1) is 6.26 Å². The summed E-state index contributed by atoms with van der Waals surface area (Å²) in [5.74, 6) is -1.93. The van der Waals surface area contributed by atoms with E-state index in [1.807, 2.05) is 0 Å². The number of carbonyl (C=O) groups is 2. The molecule has 1 aromatic heterocycles. The number of amides is 2. The van der Waals surface area contributed by atoms with Gasteiger partial charge in [-0.05, 0) is 35.9 Å². The molecule has 0 radical (unpaired) electrons. The van der Waals surface area contributed by atoms with E-state index < -0.39 is 17.7 Å². The van der Waals surface area contributed by atoms with Crippen molar-refractivity contribution >= 4 is 17.5 Å². The van der Waals surface area contributed by atoms with Crippen molar-refractivity contribution in [3.8, 4) is 0 Å². The van der Waals surface area contributed by atoms with Crippen LogP contribution in [-0.4, -0.2) is 17.5 Å². The van der Waals surface area contributed by atoms with Crippen LogP contribution >= 0.6 is 0 Å². The molecule has 0 spiro atoms. The lowest BCUT2D eigenvalue weighted by molar-refractivity contribution is -0.131. The molecule has 3 rings (SSSR count).